The Labute approximate surface area is 136 Å². The zero-order valence-corrected chi connectivity index (χ0v) is 13.6. The molecular formula is C17H24N4O2. The van der Waals surface area contributed by atoms with Gasteiger partial charge in [0.2, 0.25) is 0 Å². The third-order valence-electron chi connectivity index (χ3n) is 5.60. The molecule has 2 atom stereocenters. The van der Waals surface area contributed by atoms with Crippen molar-refractivity contribution >= 4 is 5.91 Å². The molecule has 6 heteroatoms. The lowest BCUT2D eigenvalue weighted by Gasteiger charge is -2.61. The first-order valence-electron chi connectivity index (χ1n) is 8.48. The van der Waals surface area contributed by atoms with Gasteiger partial charge in [0.05, 0.1) is 17.2 Å². The number of carbonyl (C=O) groups is 1. The van der Waals surface area contributed by atoms with Crippen LogP contribution in [0.4, 0.5) is 0 Å². The van der Waals surface area contributed by atoms with Crippen molar-refractivity contribution in [3.63, 3.8) is 0 Å². The van der Waals surface area contributed by atoms with E-state index in [4.69, 9.17) is 0 Å². The third kappa shape index (κ3) is 2.45. The van der Waals surface area contributed by atoms with Crippen molar-refractivity contribution in [2.75, 3.05) is 39.3 Å². The van der Waals surface area contributed by atoms with Gasteiger partial charge in [0.1, 0.15) is 0 Å². The number of hydrogen-bond acceptors (Lipinski definition) is 5. The maximum atomic E-state index is 12.6. The van der Waals surface area contributed by atoms with E-state index < -0.39 is 0 Å². The molecular weight excluding hydrogens is 292 g/mol. The molecule has 124 valence electrons. The van der Waals surface area contributed by atoms with Crippen LogP contribution in [-0.2, 0) is 0 Å². The average Bonchev–Trinajstić information content (AvgIpc) is 2.92. The lowest BCUT2D eigenvalue weighted by atomic mass is 9.83. The fourth-order valence-corrected chi connectivity index (χ4v) is 4.52. The summed E-state index contributed by atoms with van der Waals surface area (Å²) in [6.07, 6.45) is 3.95. The summed E-state index contributed by atoms with van der Waals surface area (Å²) in [5, 5.41) is 10.1. The van der Waals surface area contributed by atoms with Crippen molar-refractivity contribution in [3.8, 4) is 0 Å². The van der Waals surface area contributed by atoms with Crippen molar-refractivity contribution in [2.24, 2.45) is 0 Å². The van der Waals surface area contributed by atoms with Gasteiger partial charge in [-0.1, -0.05) is 6.92 Å². The van der Waals surface area contributed by atoms with E-state index in [0.717, 1.165) is 45.7 Å². The molecule has 3 fully saturated rings. The fraction of sp³-hybridized carbons (Fsp3) is 0.647. The van der Waals surface area contributed by atoms with Crippen molar-refractivity contribution in [1.82, 2.24) is 19.7 Å². The number of fused-ring (bicyclic) bond motifs is 2. The summed E-state index contributed by atoms with van der Waals surface area (Å²) in [6, 6.07) is 4.05. The lowest BCUT2D eigenvalue weighted by Crippen LogP contribution is -2.78. The number of aliphatic hydroxyl groups is 1. The van der Waals surface area contributed by atoms with Gasteiger partial charge < -0.3 is 14.9 Å². The van der Waals surface area contributed by atoms with Crippen molar-refractivity contribution < 1.29 is 9.90 Å². The molecule has 4 heterocycles. The highest BCUT2D eigenvalue weighted by atomic mass is 16.3. The van der Waals surface area contributed by atoms with Crippen LogP contribution in [0.15, 0.2) is 24.5 Å². The highest BCUT2D eigenvalue weighted by molar-refractivity contribution is 5.94. The van der Waals surface area contributed by atoms with Crippen LogP contribution in [0.2, 0.25) is 0 Å². The fourth-order valence-electron chi connectivity index (χ4n) is 4.52. The van der Waals surface area contributed by atoms with Crippen LogP contribution in [0.3, 0.4) is 0 Å². The summed E-state index contributed by atoms with van der Waals surface area (Å²) >= 11 is 0. The molecule has 0 aromatic carbocycles. The minimum absolute atomic E-state index is 0.0221. The zero-order chi connectivity index (χ0) is 16.0. The number of likely N-dealkylation sites (N-methyl/N-ethyl adjacent to an activating group) is 1. The normalized spacial score (nSPS) is 30.3. The number of piperazine rings is 1. The van der Waals surface area contributed by atoms with Crippen LogP contribution in [-0.4, -0.2) is 87.7 Å². The Morgan fingerprint density at radius 1 is 1.39 bits per heavy atom. The van der Waals surface area contributed by atoms with Crippen LogP contribution < -0.4 is 0 Å². The Morgan fingerprint density at radius 2 is 2.22 bits per heavy atom. The first-order valence-corrected chi connectivity index (χ1v) is 8.48. The largest absolute Gasteiger partial charge is 0.392 e. The molecule has 4 rings (SSSR count). The minimum atomic E-state index is -0.225. The summed E-state index contributed by atoms with van der Waals surface area (Å²) in [4.78, 5) is 23.5. The number of rotatable bonds is 2. The second-order valence-electron chi connectivity index (χ2n) is 7.15. The van der Waals surface area contributed by atoms with Crippen molar-refractivity contribution in [3.05, 3.63) is 30.1 Å². The van der Waals surface area contributed by atoms with Crippen molar-refractivity contribution in [2.45, 2.75) is 31.0 Å². The summed E-state index contributed by atoms with van der Waals surface area (Å²) in [6.45, 7) is 7.48. The highest BCUT2D eigenvalue weighted by Crippen LogP contribution is 2.39. The van der Waals surface area contributed by atoms with Gasteiger partial charge in [0, 0.05) is 51.2 Å². The van der Waals surface area contributed by atoms with Crippen molar-refractivity contribution in [1.29, 1.82) is 0 Å². The number of carbonyl (C=O) groups excluding carboxylic acids is 1. The first-order chi connectivity index (χ1) is 11.1. The Kier molecular flexibility index (Phi) is 3.63. The average molecular weight is 316 g/mol. The Balaban J connectivity index is 1.50. The molecule has 23 heavy (non-hydrogen) atoms. The Morgan fingerprint density at radius 3 is 2.91 bits per heavy atom. The molecule has 1 amide bonds. The molecule has 0 unspecified atom stereocenters. The SMILES string of the molecule is CCN1C[C@H]2C[C@@H](O)CN2C2(C1)CN(C(=O)c1cccnc1)C2. The maximum Gasteiger partial charge on any atom is 0.255 e. The highest BCUT2D eigenvalue weighted by Gasteiger charge is 2.56. The van der Waals surface area contributed by atoms with E-state index in [9.17, 15) is 9.90 Å². The Bertz CT molecular complexity index is 588. The van der Waals surface area contributed by atoms with E-state index in [1.54, 1.807) is 18.5 Å². The minimum Gasteiger partial charge on any atom is -0.392 e. The maximum absolute atomic E-state index is 12.6. The topological polar surface area (TPSA) is 59.9 Å². The summed E-state index contributed by atoms with van der Waals surface area (Å²) < 4.78 is 0. The number of β-amino-alcohol motifs (C(OH)–C–C–N with tert-alkyl or cyclic N) is 1. The van der Waals surface area contributed by atoms with E-state index >= 15 is 0 Å². The second-order valence-corrected chi connectivity index (χ2v) is 7.15. The number of hydrogen-bond donors (Lipinski definition) is 1. The Hall–Kier alpha value is -1.50. The van der Waals surface area contributed by atoms with Gasteiger partial charge in [-0.15, -0.1) is 0 Å². The number of amides is 1. The van der Waals surface area contributed by atoms with E-state index in [0.29, 0.717) is 11.6 Å². The summed E-state index contributed by atoms with van der Waals surface area (Å²) in [5.41, 5.74) is 0.678. The molecule has 3 aliphatic heterocycles. The lowest BCUT2D eigenvalue weighted by molar-refractivity contribution is -0.0988. The summed E-state index contributed by atoms with van der Waals surface area (Å²) in [5.74, 6) is 0.0636. The van der Waals surface area contributed by atoms with Gasteiger partial charge in [-0.3, -0.25) is 14.7 Å². The molecule has 1 aromatic rings. The number of aliphatic hydroxyl groups excluding tert-OH is 1. The van der Waals surface area contributed by atoms with E-state index in [1.165, 1.54) is 0 Å². The molecule has 1 N–H and O–H groups in total. The molecule has 0 bridgehead atoms. The van der Waals surface area contributed by atoms with Crippen LogP contribution >= 0.6 is 0 Å². The van der Waals surface area contributed by atoms with E-state index in [2.05, 4.69) is 21.7 Å². The predicted octanol–water partition coefficient (Wildman–Crippen LogP) is 0.0469. The van der Waals surface area contributed by atoms with Crippen LogP contribution in [0, 0.1) is 0 Å². The van der Waals surface area contributed by atoms with E-state index in [1.807, 2.05) is 11.0 Å². The molecule has 6 nitrogen and oxygen atoms in total. The van der Waals surface area contributed by atoms with Gasteiger partial charge in [-0.2, -0.15) is 0 Å². The third-order valence-corrected chi connectivity index (χ3v) is 5.60. The standard InChI is InChI=1S/C17H24N4O2/c1-2-19-8-14-6-15(22)9-21(14)17(10-19)11-20(12-17)16(23)13-4-3-5-18-7-13/h3-5,7,14-15,22H,2,6,8-12H2,1H3/t14-,15-/m1/s1. The zero-order valence-electron chi connectivity index (χ0n) is 13.6. The van der Waals surface area contributed by atoms with Gasteiger partial charge >= 0.3 is 0 Å². The molecule has 1 spiro atoms. The van der Waals surface area contributed by atoms with Gasteiger partial charge in [-0.25, -0.2) is 0 Å². The predicted molar refractivity (Wildman–Crippen MR) is 86.1 cm³/mol. The van der Waals surface area contributed by atoms with Crippen LogP contribution in [0.25, 0.3) is 0 Å². The first kappa shape index (κ1) is 15.1. The number of likely N-dealkylation sites (tertiary alicyclic amines) is 1. The summed E-state index contributed by atoms with van der Waals surface area (Å²) in [7, 11) is 0. The van der Waals surface area contributed by atoms with E-state index in [-0.39, 0.29) is 17.6 Å². The van der Waals surface area contributed by atoms with Gasteiger partial charge in [-0.05, 0) is 25.1 Å². The molecule has 0 aliphatic carbocycles. The second kappa shape index (κ2) is 5.54. The monoisotopic (exact) mass is 316 g/mol. The molecule has 3 saturated heterocycles. The molecule has 1 aromatic heterocycles. The van der Waals surface area contributed by atoms with Crippen LogP contribution in [0.5, 0.6) is 0 Å². The molecule has 3 aliphatic rings. The smallest absolute Gasteiger partial charge is 0.255 e. The van der Waals surface area contributed by atoms with Gasteiger partial charge in [0.25, 0.3) is 5.91 Å². The molecule has 0 radical (unpaired) electrons. The number of nitrogens with zero attached hydrogens (tertiary/aromatic N) is 4. The quantitative estimate of drug-likeness (QED) is 0.835. The molecule has 0 saturated carbocycles. The van der Waals surface area contributed by atoms with Gasteiger partial charge in [0.15, 0.2) is 0 Å². The number of pyridine rings is 1. The van der Waals surface area contributed by atoms with Crippen LogP contribution in [0.1, 0.15) is 23.7 Å². The number of aromatic nitrogens is 1.